The highest BCUT2D eigenvalue weighted by Gasteiger charge is 2.46. The van der Waals surface area contributed by atoms with Gasteiger partial charge < -0.3 is 19.5 Å². The number of pyridine rings is 1. The molecule has 2 atom stereocenters. The molecule has 0 aromatic carbocycles. The van der Waals surface area contributed by atoms with Gasteiger partial charge in [-0.15, -0.1) is 0 Å². The van der Waals surface area contributed by atoms with Crippen molar-refractivity contribution in [1.82, 2.24) is 14.8 Å². The molecule has 4 rings (SSSR count). The third-order valence-electron chi connectivity index (χ3n) is 5.17. The van der Waals surface area contributed by atoms with E-state index in [0.717, 1.165) is 31.7 Å². The Balaban J connectivity index is 0.000000271. The maximum Gasteiger partial charge on any atom is 0.490 e. The Bertz CT molecular complexity index is 989. The molecular formula is C21H21F6N3O6. The number of likely N-dealkylation sites (tertiary alicyclic amines) is 2. The molecule has 0 aliphatic carbocycles. The molecule has 15 heteroatoms. The van der Waals surface area contributed by atoms with E-state index in [9.17, 15) is 31.1 Å². The van der Waals surface area contributed by atoms with Crippen LogP contribution in [0.4, 0.5) is 26.3 Å². The highest BCUT2D eigenvalue weighted by Crippen LogP contribution is 2.33. The maximum atomic E-state index is 12.6. The monoisotopic (exact) mass is 525 g/mol. The van der Waals surface area contributed by atoms with Crippen LogP contribution in [0, 0.1) is 11.8 Å². The number of hydrogen-bond donors (Lipinski definition) is 2. The number of rotatable bonds is 4. The largest absolute Gasteiger partial charge is 0.490 e. The van der Waals surface area contributed by atoms with Gasteiger partial charge in [0, 0.05) is 56.6 Å². The third-order valence-corrected chi connectivity index (χ3v) is 5.17. The molecule has 2 aliphatic heterocycles. The van der Waals surface area contributed by atoms with Crippen molar-refractivity contribution in [3.63, 3.8) is 0 Å². The van der Waals surface area contributed by atoms with E-state index < -0.39 is 24.3 Å². The number of aromatic nitrogens is 1. The fourth-order valence-electron chi connectivity index (χ4n) is 3.66. The Morgan fingerprint density at radius 2 is 1.58 bits per heavy atom. The van der Waals surface area contributed by atoms with Crippen LogP contribution in [-0.2, 0) is 27.5 Å². The average Bonchev–Trinajstić information content (AvgIpc) is 3.48. The number of carbonyl (C=O) groups excluding carboxylic acids is 1. The SMILES string of the molecule is O=C(O)C(F)(F)F.O=C(O)C(F)(F)F.O=C1[C@H]2CN(Cc3ccoc3)C[C@H]2CN1Cc1cccnc1. The van der Waals surface area contributed by atoms with Crippen LogP contribution in [0.25, 0.3) is 0 Å². The second kappa shape index (κ2) is 11.9. The van der Waals surface area contributed by atoms with Crippen molar-refractivity contribution in [3.8, 4) is 0 Å². The van der Waals surface area contributed by atoms with E-state index in [1.54, 1.807) is 18.7 Å². The number of aliphatic carboxylic acids is 2. The smallest absolute Gasteiger partial charge is 0.475 e. The van der Waals surface area contributed by atoms with E-state index in [0.29, 0.717) is 18.4 Å². The molecule has 2 aromatic heterocycles. The molecule has 0 unspecified atom stereocenters. The predicted molar refractivity (Wildman–Crippen MR) is 108 cm³/mol. The third kappa shape index (κ3) is 8.55. The number of carboxylic acids is 2. The van der Waals surface area contributed by atoms with Gasteiger partial charge in [0.15, 0.2) is 0 Å². The molecule has 2 aromatic rings. The zero-order chi connectivity index (χ0) is 27.1. The fourth-order valence-corrected chi connectivity index (χ4v) is 3.66. The van der Waals surface area contributed by atoms with E-state index in [1.165, 1.54) is 5.56 Å². The Kier molecular flexibility index (Phi) is 9.44. The first-order chi connectivity index (χ1) is 16.7. The van der Waals surface area contributed by atoms with E-state index in [-0.39, 0.29) is 5.92 Å². The first-order valence-corrected chi connectivity index (χ1v) is 10.2. The molecule has 2 N–H and O–H groups in total. The summed E-state index contributed by atoms with van der Waals surface area (Å²) in [5.41, 5.74) is 2.28. The van der Waals surface area contributed by atoms with Gasteiger partial charge >= 0.3 is 24.3 Å². The summed E-state index contributed by atoms with van der Waals surface area (Å²) in [5.74, 6) is -4.61. The van der Waals surface area contributed by atoms with Crippen molar-refractivity contribution < 1.29 is 55.4 Å². The summed E-state index contributed by atoms with van der Waals surface area (Å²) in [6.45, 7) is 4.27. The number of fused-ring (bicyclic) bond motifs is 1. The number of halogens is 6. The van der Waals surface area contributed by atoms with E-state index in [2.05, 4.69) is 9.88 Å². The van der Waals surface area contributed by atoms with Crippen molar-refractivity contribution in [1.29, 1.82) is 0 Å². The highest BCUT2D eigenvalue weighted by molar-refractivity contribution is 5.82. The lowest BCUT2D eigenvalue weighted by atomic mass is 10.0. The number of hydrogen-bond acceptors (Lipinski definition) is 6. The number of nitrogens with zero attached hydrogens (tertiary/aromatic N) is 3. The van der Waals surface area contributed by atoms with Crippen molar-refractivity contribution >= 4 is 17.8 Å². The molecule has 2 fully saturated rings. The normalized spacial score (nSPS) is 19.6. The molecule has 4 heterocycles. The fraction of sp³-hybridized carbons (Fsp3) is 0.429. The Hall–Kier alpha value is -3.62. The molecule has 0 spiro atoms. The van der Waals surface area contributed by atoms with Crippen molar-refractivity contribution in [2.75, 3.05) is 19.6 Å². The summed E-state index contributed by atoms with van der Waals surface area (Å²) in [5, 5.41) is 14.2. The van der Waals surface area contributed by atoms with E-state index in [4.69, 9.17) is 24.2 Å². The average molecular weight is 525 g/mol. The predicted octanol–water partition coefficient (Wildman–Crippen LogP) is 3.03. The van der Waals surface area contributed by atoms with Gasteiger partial charge in [0.2, 0.25) is 5.91 Å². The highest BCUT2D eigenvalue weighted by atomic mass is 19.4. The van der Waals surface area contributed by atoms with E-state index >= 15 is 0 Å². The van der Waals surface area contributed by atoms with Crippen LogP contribution in [-0.4, -0.2) is 74.8 Å². The van der Waals surface area contributed by atoms with Crippen LogP contribution in [0.2, 0.25) is 0 Å². The minimum absolute atomic E-state index is 0.156. The molecule has 198 valence electrons. The van der Waals surface area contributed by atoms with Crippen LogP contribution >= 0.6 is 0 Å². The molecule has 2 aliphatic rings. The van der Waals surface area contributed by atoms with Gasteiger partial charge in [0.25, 0.3) is 0 Å². The quantitative estimate of drug-likeness (QED) is 0.584. The minimum atomic E-state index is -5.08. The lowest BCUT2D eigenvalue weighted by Gasteiger charge is -2.21. The number of amides is 1. The number of furan rings is 1. The van der Waals surface area contributed by atoms with Crippen molar-refractivity contribution in [3.05, 3.63) is 54.2 Å². The number of carbonyl (C=O) groups is 3. The summed E-state index contributed by atoms with van der Waals surface area (Å²) >= 11 is 0. The topological polar surface area (TPSA) is 124 Å². The lowest BCUT2D eigenvalue weighted by Crippen LogP contribution is -2.32. The second-order valence-corrected chi connectivity index (χ2v) is 7.88. The van der Waals surface area contributed by atoms with Crippen LogP contribution in [0.15, 0.2) is 47.5 Å². The summed E-state index contributed by atoms with van der Waals surface area (Å²) in [4.78, 5) is 38.9. The van der Waals surface area contributed by atoms with Gasteiger partial charge in [-0.25, -0.2) is 9.59 Å². The first kappa shape index (κ1) is 28.6. The zero-order valence-corrected chi connectivity index (χ0v) is 18.4. The Labute approximate surface area is 199 Å². The molecule has 0 radical (unpaired) electrons. The van der Waals surface area contributed by atoms with Gasteiger partial charge in [-0.2, -0.15) is 26.3 Å². The van der Waals surface area contributed by atoms with E-state index in [1.807, 2.05) is 29.3 Å². The number of carboxylic acid groups (broad SMARTS) is 2. The summed E-state index contributed by atoms with van der Waals surface area (Å²) in [6, 6.07) is 5.94. The molecule has 1 amide bonds. The maximum absolute atomic E-state index is 12.6. The molecule has 0 bridgehead atoms. The summed E-state index contributed by atoms with van der Waals surface area (Å²) in [6.07, 6.45) is -3.08. The second-order valence-electron chi connectivity index (χ2n) is 7.88. The molecule has 36 heavy (non-hydrogen) atoms. The van der Waals surface area contributed by atoms with Crippen LogP contribution in [0.5, 0.6) is 0 Å². The summed E-state index contributed by atoms with van der Waals surface area (Å²) in [7, 11) is 0. The standard InChI is InChI=1S/C17H19N3O2.2C2HF3O2/c21-17-16-11-19(7-14-3-5-22-12-14)9-15(16)10-20(17)8-13-2-1-4-18-6-13;2*3-2(4,5)1(6)7/h1-6,12,15-16H,7-11H2;2*(H,6,7)/t15-,16-;;/m0../s1. The zero-order valence-electron chi connectivity index (χ0n) is 18.4. The Morgan fingerprint density at radius 3 is 2.03 bits per heavy atom. The van der Waals surface area contributed by atoms with Crippen LogP contribution in [0.3, 0.4) is 0 Å². The van der Waals surface area contributed by atoms with Gasteiger partial charge in [0.1, 0.15) is 0 Å². The van der Waals surface area contributed by atoms with Crippen molar-refractivity contribution in [2.24, 2.45) is 11.8 Å². The van der Waals surface area contributed by atoms with Crippen molar-refractivity contribution in [2.45, 2.75) is 25.4 Å². The molecule has 9 nitrogen and oxygen atoms in total. The van der Waals surface area contributed by atoms with Gasteiger partial charge in [0.05, 0.1) is 18.4 Å². The van der Waals surface area contributed by atoms with Gasteiger partial charge in [-0.05, 0) is 17.7 Å². The molecule has 0 saturated carbocycles. The number of alkyl halides is 6. The summed E-state index contributed by atoms with van der Waals surface area (Å²) < 4.78 is 68.6. The van der Waals surface area contributed by atoms with Crippen LogP contribution < -0.4 is 0 Å². The molecule has 2 saturated heterocycles. The minimum Gasteiger partial charge on any atom is -0.475 e. The van der Waals surface area contributed by atoms with Gasteiger partial charge in [-0.1, -0.05) is 6.07 Å². The Morgan fingerprint density at radius 1 is 0.972 bits per heavy atom. The molecular weight excluding hydrogens is 504 g/mol. The van der Waals surface area contributed by atoms with Crippen LogP contribution in [0.1, 0.15) is 11.1 Å². The van der Waals surface area contributed by atoms with Gasteiger partial charge in [-0.3, -0.25) is 14.7 Å². The first-order valence-electron chi connectivity index (χ1n) is 10.2. The lowest BCUT2D eigenvalue weighted by molar-refractivity contribution is -0.193.